The fourth-order valence-corrected chi connectivity index (χ4v) is 3.14. The molecule has 0 saturated heterocycles. The van der Waals surface area contributed by atoms with E-state index in [9.17, 15) is 9.59 Å². The first-order valence-electron chi connectivity index (χ1n) is 9.48. The maximum Gasteiger partial charge on any atom is 0.337 e. The zero-order chi connectivity index (χ0) is 23.0. The molecule has 0 heterocycles. The van der Waals surface area contributed by atoms with Gasteiger partial charge in [0.1, 0.15) is 5.75 Å². The Kier molecular flexibility index (Phi) is 8.82. The molecular weight excluding hydrogens is 460 g/mol. The SMILES string of the molecule is COC(=O)c1ccc(-c2ccc(OC)cc2)c(C)c1.COC(=O)c1ccc(Br)c(C)c1. The number of hydrogen-bond donors (Lipinski definition) is 0. The number of methoxy groups -OCH3 is 3. The number of aryl methyl sites for hydroxylation is 2. The summed E-state index contributed by atoms with van der Waals surface area (Å²) in [5.41, 5.74) is 5.39. The molecule has 0 N–H and O–H groups in total. The van der Waals surface area contributed by atoms with E-state index in [4.69, 9.17) is 9.47 Å². The highest BCUT2D eigenvalue weighted by molar-refractivity contribution is 9.10. The summed E-state index contributed by atoms with van der Waals surface area (Å²) < 4.78 is 15.4. The Bertz CT molecular complexity index is 1060. The average molecular weight is 485 g/mol. The van der Waals surface area contributed by atoms with Crippen LogP contribution in [-0.4, -0.2) is 33.3 Å². The maximum atomic E-state index is 11.5. The van der Waals surface area contributed by atoms with E-state index in [1.165, 1.54) is 14.2 Å². The molecule has 6 heteroatoms. The fourth-order valence-electron chi connectivity index (χ4n) is 2.89. The minimum absolute atomic E-state index is 0.300. The quantitative estimate of drug-likeness (QED) is 0.424. The van der Waals surface area contributed by atoms with Gasteiger partial charge in [-0.1, -0.05) is 34.1 Å². The van der Waals surface area contributed by atoms with Gasteiger partial charge in [0, 0.05) is 4.47 Å². The molecular formula is C25H25BrO5. The number of hydrogen-bond acceptors (Lipinski definition) is 5. The lowest BCUT2D eigenvalue weighted by molar-refractivity contribution is 0.0592. The standard InChI is InChI=1S/C16H16O3.C9H9BrO2/c1-11-10-13(16(17)19-3)6-9-15(11)12-4-7-14(18-2)8-5-12;1-6-5-7(9(11)12-2)3-4-8(6)10/h4-10H,1-3H3;3-5H,1-2H3. The van der Waals surface area contributed by atoms with E-state index in [2.05, 4.69) is 20.7 Å². The van der Waals surface area contributed by atoms with Gasteiger partial charge in [0.2, 0.25) is 0 Å². The van der Waals surface area contributed by atoms with Gasteiger partial charge in [-0.05, 0) is 78.6 Å². The van der Waals surface area contributed by atoms with Crippen molar-refractivity contribution in [3.8, 4) is 16.9 Å². The summed E-state index contributed by atoms with van der Waals surface area (Å²) in [7, 11) is 4.40. The fraction of sp³-hybridized carbons (Fsp3) is 0.200. The molecule has 0 bridgehead atoms. The Balaban J connectivity index is 0.000000245. The largest absolute Gasteiger partial charge is 0.497 e. The van der Waals surface area contributed by atoms with E-state index in [1.807, 2.05) is 56.3 Å². The maximum absolute atomic E-state index is 11.5. The number of esters is 2. The predicted octanol–water partition coefficient (Wildman–Crippen LogP) is 6.00. The number of carbonyl (C=O) groups excluding carboxylic acids is 2. The Morgan fingerprint density at radius 1 is 0.710 bits per heavy atom. The molecule has 0 aromatic heterocycles. The van der Waals surface area contributed by atoms with Gasteiger partial charge in [0.05, 0.1) is 32.5 Å². The third-order valence-corrected chi connectivity index (χ3v) is 5.52. The van der Waals surface area contributed by atoms with Crippen LogP contribution in [0.5, 0.6) is 5.75 Å². The molecule has 0 unspecified atom stereocenters. The first-order valence-corrected chi connectivity index (χ1v) is 10.3. The van der Waals surface area contributed by atoms with Crippen LogP contribution in [-0.2, 0) is 9.47 Å². The number of halogens is 1. The molecule has 0 amide bonds. The second-order valence-electron chi connectivity index (χ2n) is 6.71. The minimum atomic E-state index is -0.315. The van der Waals surface area contributed by atoms with Crippen molar-refractivity contribution in [3.63, 3.8) is 0 Å². The van der Waals surface area contributed by atoms with E-state index in [-0.39, 0.29) is 11.9 Å². The van der Waals surface area contributed by atoms with Gasteiger partial charge in [0.15, 0.2) is 0 Å². The molecule has 0 saturated carbocycles. The van der Waals surface area contributed by atoms with E-state index >= 15 is 0 Å². The van der Waals surface area contributed by atoms with Gasteiger partial charge in [0.25, 0.3) is 0 Å². The van der Waals surface area contributed by atoms with Crippen molar-refractivity contribution < 1.29 is 23.8 Å². The van der Waals surface area contributed by atoms with E-state index in [0.29, 0.717) is 11.1 Å². The normalized spacial score (nSPS) is 9.87. The van der Waals surface area contributed by atoms with Crippen molar-refractivity contribution >= 4 is 27.9 Å². The van der Waals surface area contributed by atoms with Crippen molar-refractivity contribution in [2.24, 2.45) is 0 Å². The van der Waals surface area contributed by atoms with Crippen molar-refractivity contribution in [2.45, 2.75) is 13.8 Å². The van der Waals surface area contributed by atoms with Crippen molar-refractivity contribution in [1.82, 2.24) is 0 Å². The smallest absolute Gasteiger partial charge is 0.337 e. The second-order valence-corrected chi connectivity index (χ2v) is 7.56. The Morgan fingerprint density at radius 2 is 1.23 bits per heavy atom. The number of ether oxygens (including phenoxy) is 3. The van der Waals surface area contributed by atoms with Crippen LogP contribution in [0.2, 0.25) is 0 Å². The summed E-state index contributed by atoms with van der Waals surface area (Å²) in [6, 6.07) is 18.7. The third-order valence-electron chi connectivity index (χ3n) is 4.63. The summed E-state index contributed by atoms with van der Waals surface area (Å²) >= 11 is 3.35. The summed E-state index contributed by atoms with van der Waals surface area (Å²) in [5, 5.41) is 0. The number of benzene rings is 3. The molecule has 3 rings (SSSR count). The van der Waals surface area contributed by atoms with Gasteiger partial charge in [-0.3, -0.25) is 0 Å². The number of rotatable bonds is 4. The first-order chi connectivity index (χ1) is 14.8. The zero-order valence-electron chi connectivity index (χ0n) is 18.2. The first kappa shape index (κ1) is 24.2. The summed E-state index contributed by atoms with van der Waals surface area (Å²) in [5.74, 6) is 0.211. The summed E-state index contributed by atoms with van der Waals surface area (Å²) in [6.45, 7) is 3.91. The highest BCUT2D eigenvalue weighted by atomic mass is 79.9. The highest BCUT2D eigenvalue weighted by Crippen LogP contribution is 2.26. The van der Waals surface area contributed by atoms with E-state index in [0.717, 1.165) is 32.5 Å². The summed E-state index contributed by atoms with van der Waals surface area (Å²) in [4.78, 5) is 22.5. The molecule has 0 aliphatic carbocycles. The molecule has 31 heavy (non-hydrogen) atoms. The molecule has 0 aliphatic heterocycles. The van der Waals surface area contributed by atoms with Crippen LogP contribution in [0.3, 0.4) is 0 Å². The Morgan fingerprint density at radius 3 is 1.68 bits per heavy atom. The van der Waals surface area contributed by atoms with E-state index in [1.54, 1.807) is 25.3 Å². The Labute approximate surface area is 191 Å². The lowest BCUT2D eigenvalue weighted by Gasteiger charge is -2.09. The molecule has 0 aliphatic rings. The van der Waals surface area contributed by atoms with Crippen molar-refractivity contribution in [3.05, 3.63) is 87.4 Å². The monoisotopic (exact) mass is 484 g/mol. The van der Waals surface area contributed by atoms with Gasteiger partial charge >= 0.3 is 11.9 Å². The van der Waals surface area contributed by atoms with Crippen LogP contribution in [0, 0.1) is 13.8 Å². The van der Waals surface area contributed by atoms with Crippen LogP contribution in [0.15, 0.2) is 65.1 Å². The lowest BCUT2D eigenvalue weighted by atomic mass is 9.98. The zero-order valence-corrected chi connectivity index (χ0v) is 19.8. The van der Waals surface area contributed by atoms with Crippen LogP contribution < -0.4 is 4.74 Å². The molecule has 0 radical (unpaired) electrons. The molecule has 0 spiro atoms. The second kappa shape index (κ2) is 11.3. The van der Waals surface area contributed by atoms with Gasteiger partial charge in [-0.2, -0.15) is 0 Å². The molecule has 0 fully saturated rings. The number of carbonyl (C=O) groups is 2. The topological polar surface area (TPSA) is 61.8 Å². The van der Waals surface area contributed by atoms with Crippen LogP contribution in [0.1, 0.15) is 31.8 Å². The van der Waals surface area contributed by atoms with Crippen molar-refractivity contribution in [1.29, 1.82) is 0 Å². The van der Waals surface area contributed by atoms with Crippen molar-refractivity contribution in [2.75, 3.05) is 21.3 Å². The Hall–Kier alpha value is -3.12. The van der Waals surface area contributed by atoms with Crippen LogP contribution >= 0.6 is 15.9 Å². The van der Waals surface area contributed by atoms with E-state index < -0.39 is 0 Å². The molecule has 5 nitrogen and oxygen atoms in total. The molecule has 3 aromatic rings. The summed E-state index contributed by atoms with van der Waals surface area (Å²) in [6.07, 6.45) is 0. The molecule has 3 aromatic carbocycles. The third kappa shape index (κ3) is 6.43. The van der Waals surface area contributed by atoms with Gasteiger partial charge in [-0.25, -0.2) is 9.59 Å². The van der Waals surface area contributed by atoms with Gasteiger partial charge in [-0.15, -0.1) is 0 Å². The molecule has 162 valence electrons. The van der Waals surface area contributed by atoms with Crippen LogP contribution in [0.25, 0.3) is 11.1 Å². The molecule has 0 atom stereocenters. The van der Waals surface area contributed by atoms with Gasteiger partial charge < -0.3 is 14.2 Å². The van der Waals surface area contributed by atoms with Crippen LogP contribution in [0.4, 0.5) is 0 Å². The predicted molar refractivity (Wildman–Crippen MR) is 125 cm³/mol. The average Bonchev–Trinajstić information content (AvgIpc) is 2.80. The minimum Gasteiger partial charge on any atom is -0.497 e. The highest BCUT2D eigenvalue weighted by Gasteiger charge is 2.09. The lowest BCUT2D eigenvalue weighted by Crippen LogP contribution is -2.01.